The van der Waals surface area contributed by atoms with E-state index in [1.165, 1.54) is 4.90 Å². The fourth-order valence-corrected chi connectivity index (χ4v) is 3.56. The Balaban J connectivity index is 2.27. The molecule has 0 saturated heterocycles. The molecule has 8 heteroatoms. The van der Waals surface area contributed by atoms with Crippen molar-refractivity contribution in [1.29, 1.82) is 0 Å². The third kappa shape index (κ3) is 7.91. The van der Waals surface area contributed by atoms with Gasteiger partial charge in [-0.05, 0) is 69.2 Å². The highest BCUT2D eigenvalue weighted by molar-refractivity contribution is 6.35. The Bertz CT molecular complexity index is 911. The Morgan fingerprint density at radius 3 is 2.19 bits per heavy atom. The summed E-state index contributed by atoms with van der Waals surface area (Å²) in [5.41, 5.74) is 0.254. The van der Waals surface area contributed by atoms with Crippen LogP contribution in [0.15, 0.2) is 42.5 Å². The lowest BCUT2D eigenvalue weighted by molar-refractivity contribution is -0.143. The van der Waals surface area contributed by atoms with Crippen molar-refractivity contribution in [2.24, 2.45) is 0 Å². The van der Waals surface area contributed by atoms with Crippen molar-refractivity contribution >= 4 is 46.6 Å². The second kappa shape index (κ2) is 11.1. The second-order valence-corrected chi connectivity index (χ2v) is 9.44. The quantitative estimate of drug-likeness (QED) is 0.518. The van der Waals surface area contributed by atoms with Crippen LogP contribution in [0, 0.1) is 0 Å². The molecule has 168 valence electrons. The third-order valence-corrected chi connectivity index (χ3v) is 5.25. The standard InChI is InChI=1S/C23H27Cl3N2O3/c1-5-20(22(30)27-23(2,3)4)28(13-15-6-7-17(25)12-19(15)26)21(29)14-31-18-10-8-16(24)9-11-18/h6-12,20H,5,13-14H2,1-4H3,(H,27,30)/t20-/m0/s1. The van der Waals surface area contributed by atoms with Crippen LogP contribution in [-0.2, 0) is 16.1 Å². The first kappa shape index (κ1) is 25.3. The fraction of sp³-hybridized carbons (Fsp3) is 0.391. The van der Waals surface area contributed by atoms with Crippen LogP contribution in [0.4, 0.5) is 0 Å². The van der Waals surface area contributed by atoms with Gasteiger partial charge in [0.05, 0.1) is 0 Å². The molecule has 2 aromatic carbocycles. The topological polar surface area (TPSA) is 58.6 Å². The lowest BCUT2D eigenvalue weighted by Crippen LogP contribution is -2.54. The molecule has 0 bridgehead atoms. The van der Waals surface area contributed by atoms with E-state index < -0.39 is 11.6 Å². The molecule has 2 rings (SSSR count). The summed E-state index contributed by atoms with van der Waals surface area (Å²) < 4.78 is 5.63. The van der Waals surface area contributed by atoms with Crippen molar-refractivity contribution in [3.05, 3.63) is 63.1 Å². The number of hydrogen-bond acceptors (Lipinski definition) is 3. The molecule has 5 nitrogen and oxygen atoms in total. The molecule has 1 N–H and O–H groups in total. The first-order chi connectivity index (χ1) is 14.5. The van der Waals surface area contributed by atoms with Crippen molar-refractivity contribution < 1.29 is 14.3 Å². The minimum atomic E-state index is -0.688. The second-order valence-electron chi connectivity index (χ2n) is 8.16. The molecule has 0 unspecified atom stereocenters. The predicted octanol–water partition coefficient (Wildman–Crippen LogP) is 5.75. The van der Waals surface area contributed by atoms with Gasteiger partial charge in [-0.2, -0.15) is 0 Å². The van der Waals surface area contributed by atoms with Crippen LogP contribution in [0.1, 0.15) is 39.7 Å². The van der Waals surface area contributed by atoms with Crippen LogP contribution in [0.2, 0.25) is 15.1 Å². The van der Waals surface area contributed by atoms with E-state index in [1.807, 2.05) is 27.7 Å². The van der Waals surface area contributed by atoms with Crippen molar-refractivity contribution in [2.75, 3.05) is 6.61 Å². The number of hydrogen-bond donors (Lipinski definition) is 1. The van der Waals surface area contributed by atoms with Gasteiger partial charge in [-0.15, -0.1) is 0 Å². The van der Waals surface area contributed by atoms with Gasteiger partial charge in [0, 0.05) is 27.2 Å². The molecule has 0 spiro atoms. The largest absolute Gasteiger partial charge is 0.484 e. The summed E-state index contributed by atoms with van der Waals surface area (Å²) in [7, 11) is 0. The molecule has 0 saturated carbocycles. The molecule has 0 aliphatic carbocycles. The van der Waals surface area contributed by atoms with Gasteiger partial charge in [-0.3, -0.25) is 9.59 Å². The minimum absolute atomic E-state index is 0.148. The lowest BCUT2D eigenvalue weighted by atomic mass is 10.1. The van der Waals surface area contributed by atoms with Gasteiger partial charge in [-0.1, -0.05) is 47.8 Å². The lowest BCUT2D eigenvalue weighted by Gasteiger charge is -2.33. The molecule has 0 fully saturated rings. The van der Waals surface area contributed by atoms with E-state index >= 15 is 0 Å². The zero-order valence-corrected chi connectivity index (χ0v) is 20.3. The van der Waals surface area contributed by atoms with Gasteiger partial charge < -0.3 is 15.0 Å². The van der Waals surface area contributed by atoms with E-state index in [4.69, 9.17) is 39.5 Å². The average molecular weight is 486 g/mol. The average Bonchev–Trinajstić information content (AvgIpc) is 2.67. The molecule has 0 heterocycles. The number of carbonyl (C=O) groups excluding carboxylic acids is 2. The summed E-state index contributed by atoms with van der Waals surface area (Å²) >= 11 is 18.2. The smallest absolute Gasteiger partial charge is 0.261 e. The van der Waals surface area contributed by atoms with Crippen molar-refractivity contribution in [1.82, 2.24) is 10.2 Å². The fourth-order valence-electron chi connectivity index (χ4n) is 2.96. The van der Waals surface area contributed by atoms with Gasteiger partial charge in [0.2, 0.25) is 5.91 Å². The minimum Gasteiger partial charge on any atom is -0.484 e. The van der Waals surface area contributed by atoms with E-state index in [0.29, 0.717) is 32.8 Å². The molecule has 2 amide bonds. The third-order valence-electron chi connectivity index (χ3n) is 4.42. The highest BCUT2D eigenvalue weighted by atomic mass is 35.5. The number of nitrogens with zero attached hydrogens (tertiary/aromatic N) is 1. The van der Waals surface area contributed by atoms with Crippen molar-refractivity contribution in [2.45, 2.75) is 52.2 Å². The monoisotopic (exact) mass is 484 g/mol. The molecule has 31 heavy (non-hydrogen) atoms. The number of rotatable bonds is 8. The van der Waals surface area contributed by atoms with E-state index in [-0.39, 0.29) is 25.0 Å². The Morgan fingerprint density at radius 1 is 1.03 bits per heavy atom. The zero-order chi connectivity index (χ0) is 23.2. The molecular weight excluding hydrogens is 459 g/mol. The van der Waals surface area contributed by atoms with E-state index in [9.17, 15) is 9.59 Å². The zero-order valence-electron chi connectivity index (χ0n) is 18.0. The van der Waals surface area contributed by atoms with E-state index in [0.717, 1.165) is 0 Å². The summed E-state index contributed by atoms with van der Waals surface area (Å²) in [6.07, 6.45) is 0.430. The van der Waals surface area contributed by atoms with Crippen LogP contribution >= 0.6 is 34.8 Å². The first-order valence-corrected chi connectivity index (χ1v) is 11.1. The van der Waals surface area contributed by atoms with Crippen molar-refractivity contribution in [3.8, 4) is 5.75 Å². The first-order valence-electron chi connectivity index (χ1n) is 9.94. The number of ether oxygens (including phenoxy) is 1. The number of carbonyl (C=O) groups is 2. The Labute approximate surface area is 198 Å². The van der Waals surface area contributed by atoms with Crippen LogP contribution in [-0.4, -0.2) is 34.9 Å². The Kier molecular flexibility index (Phi) is 9.04. The maximum absolute atomic E-state index is 13.2. The van der Waals surface area contributed by atoms with Crippen LogP contribution < -0.4 is 10.1 Å². The maximum atomic E-state index is 13.2. The maximum Gasteiger partial charge on any atom is 0.261 e. The SMILES string of the molecule is CC[C@@H](C(=O)NC(C)(C)C)N(Cc1ccc(Cl)cc1Cl)C(=O)COc1ccc(Cl)cc1. The summed E-state index contributed by atoms with van der Waals surface area (Å²) in [6, 6.07) is 11.1. The highest BCUT2D eigenvalue weighted by Crippen LogP contribution is 2.24. The van der Waals surface area contributed by atoms with Crippen LogP contribution in [0.5, 0.6) is 5.75 Å². The summed E-state index contributed by atoms with van der Waals surface area (Å²) in [4.78, 5) is 27.6. The number of amides is 2. The Morgan fingerprint density at radius 2 is 1.65 bits per heavy atom. The van der Waals surface area contributed by atoms with Crippen molar-refractivity contribution in [3.63, 3.8) is 0 Å². The van der Waals surface area contributed by atoms with Gasteiger partial charge in [-0.25, -0.2) is 0 Å². The number of benzene rings is 2. The van der Waals surface area contributed by atoms with Gasteiger partial charge in [0.1, 0.15) is 11.8 Å². The summed E-state index contributed by atoms with van der Waals surface area (Å²) in [5.74, 6) is -0.0637. The molecule has 0 aliphatic heterocycles. The molecule has 2 aromatic rings. The van der Waals surface area contributed by atoms with Crippen LogP contribution in [0.3, 0.4) is 0 Å². The predicted molar refractivity (Wildman–Crippen MR) is 126 cm³/mol. The molecule has 0 aliphatic rings. The molecule has 0 aromatic heterocycles. The summed E-state index contributed by atoms with van der Waals surface area (Å²) in [5, 5.41) is 4.45. The molecule has 0 radical (unpaired) electrons. The van der Waals surface area contributed by atoms with Crippen LogP contribution in [0.25, 0.3) is 0 Å². The van der Waals surface area contributed by atoms with Gasteiger partial charge in [0.15, 0.2) is 6.61 Å². The molecular formula is C23H27Cl3N2O3. The molecule has 1 atom stereocenters. The van der Waals surface area contributed by atoms with Gasteiger partial charge >= 0.3 is 0 Å². The van der Waals surface area contributed by atoms with Gasteiger partial charge in [0.25, 0.3) is 5.91 Å². The number of halogens is 3. The normalized spacial score (nSPS) is 12.2. The van der Waals surface area contributed by atoms with E-state index in [1.54, 1.807) is 42.5 Å². The Hall–Kier alpha value is -1.95. The van der Waals surface area contributed by atoms with E-state index in [2.05, 4.69) is 5.32 Å². The highest BCUT2D eigenvalue weighted by Gasteiger charge is 2.31. The summed E-state index contributed by atoms with van der Waals surface area (Å²) in [6.45, 7) is 7.45. The number of nitrogens with one attached hydrogen (secondary N) is 1.